The molecule has 0 spiro atoms. The van der Waals surface area contributed by atoms with Crippen LogP contribution in [0.2, 0.25) is 5.02 Å². The number of anilines is 1. The fraction of sp³-hybridized carbons (Fsp3) is 0.143. The van der Waals surface area contributed by atoms with E-state index in [-0.39, 0.29) is 11.7 Å². The van der Waals surface area contributed by atoms with Crippen LogP contribution in [0.4, 0.5) is 5.69 Å². The number of fused-ring (bicyclic) bond motifs is 1. The minimum atomic E-state index is -0.496. The summed E-state index contributed by atoms with van der Waals surface area (Å²) >= 11 is 6.01. The first-order valence-electron chi connectivity index (χ1n) is 8.52. The maximum atomic E-state index is 12.3. The van der Waals surface area contributed by atoms with Crippen molar-refractivity contribution in [1.29, 1.82) is 0 Å². The first kappa shape index (κ1) is 18.7. The summed E-state index contributed by atoms with van der Waals surface area (Å²) in [5.74, 6) is -0.187. The molecule has 3 aromatic rings. The molecule has 0 aliphatic carbocycles. The van der Waals surface area contributed by atoms with Gasteiger partial charge in [0.2, 0.25) is 0 Å². The number of hydrogen-bond acceptors (Lipinski definition) is 4. The van der Waals surface area contributed by atoms with E-state index in [9.17, 15) is 9.90 Å². The lowest BCUT2D eigenvalue weighted by molar-refractivity contribution is -0.121. The average molecular weight is 382 g/mol. The number of hydrogen-bond donors (Lipinski definition) is 3. The lowest BCUT2D eigenvalue weighted by Crippen LogP contribution is -2.34. The number of amides is 1. The van der Waals surface area contributed by atoms with Crippen LogP contribution in [0.15, 0.2) is 59.7 Å². The van der Waals surface area contributed by atoms with E-state index in [1.807, 2.05) is 49.4 Å². The molecule has 138 valence electrons. The highest BCUT2D eigenvalue weighted by atomic mass is 35.5. The molecule has 0 saturated carbocycles. The third kappa shape index (κ3) is 4.38. The van der Waals surface area contributed by atoms with Gasteiger partial charge >= 0.3 is 0 Å². The summed E-state index contributed by atoms with van der Waals surface area (Å²) in [6.45, 7) is 3.64. The quantitative estimate of drug-likeness (QED) is 0.451. The number of phenolic OH excluding ortho intramolecular Hbond substituents is 1. The van der Waals surface area contributed by atoms with E-state index in [0.717, 1.165) is 22.0 Å². The van der Waals surface area contributed by atoms with Gasteiger partial charge in [-0.15, -0.1) is 0 Å². The van der Waals surface area contributed by atoms with E-state index < -0.39 is 6.04 Å². The van der Waals surface area contributed by atoms with Gasteiger partial charge in [-0.2, -0.15) is 5.10 Å². The van der Waals surface area contributed by atoms with E-state index in [1.165, 1.54) is 6.21 Å². The third-order valence-corrected chi connectivity index (χ3v) is 4.67. The van der Waals surface area contributed by atoms with Crippen molar-refractivity contribution < 1.29 is 9.90 Å². The zero-order chi connectivity index (χ0) is 19.4. The Morgan fingerprint density at radius 3 is 2.74 bits per heavy atom. The molecule has 1 amide bonds. The fourth-order valence-corrected chi connectivity index (χ4v) is 2.84. The molecule has 0 aromatic heterocycles. The molecule has 0 aliphatic rings. The number of nitrogens with zero attached hydrogens (tertiary/aromatic N) is 1. The highest BCUT2D eigenvalue weighted by molar-refractivity contribution is 6.31. The standard InChI is InChI=1S/C21H20ClN3O2/c1-13-11-16(8-9-19(13)22)24-14(2)21(27)25-23-12-18-17-6-4-3-5-15(17)7-10-20(18)26/h3-12,14,24,26H,1-2H3,(H,25,27)/b23-12+. The Bertz CT molecular complexity index is 1020. The van der Waals surface area contributed by atoms with Crippen LogP contribution in [-0.4, -0.2) is 23.3 Å². The maximum absolute atomic E-state index is 12.3. The lowest BCUT2D eigenvalue weighted by Gasteiger charge is -2.14. The number of carbonyl (C=O) groups excluding carboxylic acids is 1. The number of rotatable bonds is 5. The van der Waals surface area contributed by atoms with Crippen molar-refractivity contribution in [3.05, 3.63) is 70.7 Å². The second kappa shape index (κ2) is 8.10. The molecule has 0 bridgehead atoms. The summed E-state index contributed by atoms with van der Waals surface area (Å²) < 4.78 is 0. The molecular weight excluding hydrogens is 362 g/mol. The Balaban J connectivity index is 1.68. The van der Waals surface area contributed by atoms with Crippen molar-refractivity contribution in [2.45, 2.75) is 19.9 Å². The van der Waals surface area contributed by atoms with E-state index in [4.69, 9.17) is 11.6 Å². The van der Waals surface area contributed by atoms with Gasteiger partial charge in [0.25, 0.3) is 5.91 Å². The van der Waals surface area contributed by atoms with E-state index >= 15 is 0 Å². The van der Waals surface area contributed by atoms with Crippen LogP contribution in [-0.2, 0) is 4.79 Å². The largest absolute Gasteiger partial charge is 0.507 e. The second-order valence-electron chi connectivity index (χ2n) is 6.28. The van der Waals surface area contributed by atoms with Gasteiger partial charge < -0.3 is 10.4 Å². The van der Waals surface area contributed by atoms with Crippen LogP contribution in [0.3, 0.4) is 0 Å². The number of aromatic hydroxyl groups is 1. The number of halogens is 1. The highest BCUT2D eigenvalue weighted by Gasteiger charge is 2.12. The van der Waals surface area contributed by atoms with Gasteiger partial charge in [0.15, 0.2) is 0 Å². The predicted octanol–water partition coefficient (Wildman–Crippen LogP) is 4.46. The van der Waals surface area contributed by atoms with Crippen molar-refractivity contribution in [2.75, 3.05) is 5.32 Å². The molecule has 0 fully saturated rings. The van der Waals surface area contributed by atoms with Crippen molar-refractivity contribution in [1.82, 2.24) is 5.43 Å². The van der Waals surface area contributed by atoms with Crippen molar-refractivity contribution in [3.63, 3.8) is 0 Å². The van der Waals surface area contributed by atoms with Crippen LogP contribution >= 0.6 is 11.6 Å². The molecule has 3 aromatic carbocycles. The predicted molar refractivity (Wildman–Crippen MR) is 111 cm³/mol. The van der Waals surface area contributed by atoms with Crippen LogP contribution in [0, 0.1) is 6.92 Å². The SMILES string of the molecule is Cc1cc(NC(C)C(=O)N/N=C/c2c(O)ccc3ccccc23)ccc1Cl. The molecule has 3 N–H and O–H groups in total. The summed E-state index contributed by atoms with van der Waals surface area (Å²) in [7, 11) is 0. The monoisotopic (exact) mass is 381 g/mol. The van der Waals surface area contributed by atoms with Crippen LogP contribution < -0.4 is 10.7 Å². The van der Waals surface area contributed by atoms with Crippen molar-refractivity contribution >= 4 is 40.2 Å². The van der Waals surface area contributed by atoms with Gasteiger partial charge in [0.1, 0.15) is 11.8 Å². The zero-order valence-corrected chi connectivity index (χ0v) is 15.8. The molecule has 0 heterocycles. The average Bonchev–Trinajstić information content (AvgIpc) is 2.66. The Morgan fingerprint density at radius 1 is 1.19 bits per heavy atom. The van der Waals surface area contributed by atoms with Gasteiger partial charge in [-0.1, -0.05) is 41.9 Å². The molecule has 6 heteroatoms. The van der Waals surface area contributed by atoms with E-state index in [1.54, 1.807) is 19.1 Å². The Morgan fingerprint density at radius 2 is 1.96 bits per heavy atom. The van der Waals surface area contributed by atoms with Gasteiger partial charge in [0, 0.05) is 16.3 Å². The second-order valence-corrected chi connectivity index (χ2v) is 6.69. The fourth-order valence-electron chi connectivity index (χ4n) is 2.73. The number of benzene rings is 3. The van der Waals surface area contributed by atoms with Gasteiger partial charge in [-0.3, -0.25) is 4.79 Å². The number of nitrogens with one attached hydrogen (secondary N) is 2. The maximum Gasteiger partial charge on any atom is 0.262 e. The van der Waals surface area contributed by atoms with Gasteiger partial charge in [-0.05, 0) is 54.4 Å². The first-order valence-corrected chi connectivity index (χ1v) is 8.90. The summed E-state index contributed by atoms with van der Waals surface area (Å²) in [6.07, 6.45) is 1.45. The lowest BCUT2D eigenvalue weighted by atomic mass is 10.0. The molecule has 0 radical (unpaired) electrons. The minimum absolute atomic E-state index is 0.106. The smallest absolute Gasteiger partial charge is 0.262 e. The van der Waals surface area contributed by atoms with Gasteiger partial charge in [-0.25, -0.2) is 5.43 Å². The van der Waals surface area contributed by atoms with Crippen molar-refractivity contribution in [3.8, 4) is 5.75 Å². The summed E-state index contributed by atoms with van der Waals surface area (Å²) in [4.78, 5) is 12.3. The summed E-state index contributed by atoms with van der Waals surface area (Å²) in [6, 6.07) is 16.1. The molecule has 0 saturated heterocycles. The van der Waals surface area contributed by atoms with Crippen LogP contribution in [0.1, 0.15) is 18.1 Å². The normalized spacial score (nSPS) is 12.3. The highest BCUT2D eigenvalue weighted by Crippen LogP contribution is 2.25. The Labute approximate surface area is 162 Å². The first-order chi connectivity index (χ1) is 13.0. The molecule has 5 nitrogen and oxygen atoms in total. The number of carbonyl (C=O) groups is 1. The Kier molecular flexibility index (Phi) is 5.62. The van der Waals surface area contributed by atoms with Crippen molar-refractivity contribution in [2.24, 2.45) is 5.10 Å². The van der Waals surface area contributed by atoms with Crippen LogP contribution in [0.5, 0.6) is 5.75 Å². The zero-order valence-electron chi connectivity index (χ0n) is 15.0. The summed E-state index contributed by atoms with van der Waals surface area (Å²) in [5, 5.41) is 19.7. The topological polar surface area (TPSA) is 73.7 Å². The van der Waals surface area contributed by atoms with E-state index in [2.05, 4.69) is 15.8 Å². The molecule has 27 heavy (non-hydrogen) atoms. The summed E-state index contributed by atoms with van der Waals surface area (Å²) in [5.41, 5.74) is 4.79. The molecule has 0 aliphatic heterocycles. The number of hydrazone groups is 1. The van der Waals surface area contributed by atoms with Gasteiger partial charge in [0.05, 0.1) is 6.21 Å². The number of aryl methyl sites for hydroxylation is 1. The molecule has 1 atom stereocenters. The van der Waals surface area contributed by atoms with E-state index in [0.29, 0.717) is 10.6 Å². The third-order valence-electron chi connectivity index (χ3n) is 4.25. The molecule has 3 rings (SSSR count). The minimum Gasteiger partial charge on any atom is -0.507 e. The Hall–Kier alpha value is -3.05. The number of phenols is 1. The molecular formula is C21H20ClN3O2. The molecule has 1 unspecified atom stereocenters. The van der Waals surface area contributed by atoms with Crippen LogP contribution in [0.25, 0.3) is 10.8 Å².